The molecule has 0 saturated heterocycles. The Kier molecular flexibility index (Phi) is 3.77. The molecule has 5 heteroatoms. The van der Waals surface area contributed by atoms with E-state index in [4.69, 9.17) is 40.5 Å². The number of hydrogen-bond donors (Lipinski definition) is 1. The van der Waals surface area contributed by atoms with E-state index in [0.29, 0.717) is 10.0 Å². The van der Waals surface area contributed by atoms with Crippen molar-refractivity contribution in [3.8, 4) is 0 Å². The van der Waals surface area contributed by atoms with Gasteiger partial charge >= 0.3 is 0 Å². The Morgan fingerprint density at radius 3 is 2.38 bits per heavy atom. The maximum absolute atomic E-state index is 6.10. The van der Waals surface area contributed by atoms with Gasteiger partial charge < -0.3 is 5.73 Å². The molecule has 0 spiro atoms. The van der Waals surface area contributed by atoms with E-state index >= 15 is 0 Å². The van der Waals surface area contributed by atoms with Crippen molar-refractivity contribution >= 4 is 46.1 Å². The fourth-order valence-electron chi connectivity index (χ4n) is 1.40. The van der Waals surface area contributed by atoms with Gasteiger partial charge in [0.1, 0.15) is 0 Å². The molecule has 84 valence electrons. The fraction of sp³-hybridized carbons (Fsp3) is 0.0909. The lowest BCUT2D eigenvalue weighted by molar-refractivity contribution is 0.894. The standard InChI is InChI=1S/C11H8Cl3NS/c12-6-1-2-7(8(13)5-6)11(15)9-3-4-10(14)16-9/h1-5,11H,15H2. The highest BCUT2D eigenvalue weighted by atomic mass is 35.5. The van der Waals surface area contributed by atoms with Gasteiger partial charge in [0.2, 0.25) is 0 Å². The lowest BCUT2D eigenvalue weighted by atomic mass is 10.1. The number of benzene rings is 1. The quantitative estimate of drug-likeness (QED) is 0.849. The van der Waals surface area contributed by atoms with Crippen LogP contribution in [0.25, 0.3) is 0 Å². The van der Waals surface area contributed by atoms with Crippen molar-refractivity contribution in [3.05, 3.63) is 55.2 Å². The van der Waals surface area contributed by atoms with Crippen LogP contribution in [-0.2, 0) is 0 Å². The molecule has 0 bridgehead atoms. The van der Waals surface area contributed by atoms with Crippen LogP contribution in [0.1, 0.15) is 16.5 Å². The molecule has 0 fully saturated rings. The van der Waals surface area contributed by atoms with E-state index in [2.05, 4.69) is 0 Å². The second-order valence-electron chi connectivity index (χ2n) is 3.29. The van der Waals surface area contributed by atoms with E-state index in [9.17, 15) is 0 Å². The van der Waals surface area contributed by atoms with Gasteiger partial charge in [-0.1, -0.05) is 40.9 Å². The van der Waals surface area contributed by atoms with Crippen LogP contribution in [0.4, 0.5) is 0 Å². The van der Waals surface area contributed by atoms with Crippen LogP contribution in [0.2, 0.25) is 14.4 Å². The minimum Gasteiger partial charge on any atom is -0.320 e. The average Bonchev–Trinajstić information content (AvgIpc) is 2.64. The van der Waals surface area contributed by atoms with Crippen molar-refractivity contribution < 1.29 is 0 Å². The molecule has 0 aliphatic carbocycles. The zero-order valence-electron chi connectivity index (χ0n) is 8.08. The molecule has 1 aromatic carbocycles. The minimum absolute atomic E-state index is 0.262. The van der Waals surface area contributed by atoms with Crippen molar-refractivity contribution in [2.45, 2.75) is 6.04 Å². The van der Waals surface area contributed by atoms with Crippen molar-refractivity contribution in [1.82, 2.24) is 0 Å². The fourth-order valence-corrected chi connectivity index (χ4v) is 3.01. The highest BCUT2D eigenvalue weighted by Crippen LogP contribution is 2.33. The summed E-state index contributed by atoms with van der Waals surface area (Å²) >= 11 is 19.2. The molecular weight excluding hydrogens is 285 g/mol. The minimum atomic E-state index is -0.262. The molecule has 1 atom stereocenters. The van der Waals surface area contributed by atoms with Crippen LogP contribution >= 0.6 is 46.1 Å². The molecule has 2 N–H and O–H groups in total. The van der Waals surface area contributed by atoms with Crippen molar-refractivity contribution in [1.29, 1.82) is 0 Å². The number of halogens is 3. The molecule has 0 saturated carbocycles. The zero-order chi connectivity index (χ0) is 11.7. The Bertz CT molecular complexity index is 510. The summed E-state index contributed by atoms with van der Waals surface area (Å²) in [6, 6.07) is 8.77. The molecular formula is C11H8Cl3NS. The first-order chi connectivity index (χ1) is 7.58. The summed E-state index contributed by atoms with van der Waals surface area (Å²) in [7, 11) is 0. The van der Waals surface area contributed by atoms with Crippen LogP contribution < -0.4 is 5.73 Å². The zero-order valence-corrected chi connectivity index (χ0v) is 11.2. The molecule has 1 heterocycles. The SMILES string of the molecule is NC(c1ccc(Cl)s1)c1ccc(Cl)cc1Cl. The summed E-state index contributed by atoms with van der Waals surface area (Å²) in [5, 5.41) is 1.18. The van der Waals surface area contributed by atoms with Crippen molar-refractivity contribution in [3.63, 3.8) is 0 Å². The van der Waals surface area contributed by atoms with E-state index in [1.807, 2.05) is 18.2 Å². The van der Waals surface area contributed by atoms with Gasteiger partial charge in [-0.2, -0.15) is 0 Å². The molecule has 0 amide bonds. The van der Waals surface area contributed by atoms with Crippen LogP contribution in [0.15, 0.2) is 30.3 Å². The Hall–Kier alpha value is -0.250. The summed E-state index contributed by atoms with van der Waals surface area (Å²) in [6.45, 7) is 0. The number of nitrogens with two attached hydrogens (primary N) is 1. The Balaban J connectivity index is 2.37. The summed E-state index contributed by atoms with van der Waals surface area (Å²) in [5.41, 5.74) is 6.96. The second kappa shape index (κ2) is 4.94. The third kappa shape index (κ3) is 2.53. The number of hydrogen-bond acceptors (Lipinski definition) is 2. The summed E-state index contributed by atoms with van der Waals surface area (Å²) in [4.78, 5) is 0.981. The monoisotopic (exact) mass is 291 g/mol. The molecule has 2 rings (SSSR count). The topological polar surface area (TPSA) is 26.0 Å². The van der Waals surface area contributed by atoms with Gasteiger partial charge in [-0.25, -0.2) is 0 Å². The summed E-state index contributed by atoms with van der Waals surface area (Å²) in [5.74, 6) is 0. The van der Waals surface area contributed by atoms with Crippen LogP contribution in [0.5, 0.6) is 0 Å². The van der Waals surface area contributed by atoms with E-state index in [-0.39, 0.29) is 6.04 Å². The number of thiophene rings is 1. The van der Waals surface area contributed by atoms with Gasteiger partial charge in [0.15, 0.2) is 0 Å². The largest absolute Gasteiger partial charge is 0.320 e. The van der Waals surface area contributed by atoms with Crippen molar-refractivity contribution in [2.24, 2.45) is 5.73 Å². The highest BCUT2D eigenvalue weighted by Gasteiger charge is 2.14. The van der Waals surface area contributed by atoms with E-state index in [1.165, 1.54) is 11.3 Å². The van der Waals surface area contributed by atoms with Gasteiger partial charge in [0.25, 0.3) is 0 Å². The maximum atomic E-state index is 6.10. The van der Waals surface area contributed by atoms with Crippen LogP contribution in [0, 0.1) is 0 Å². The van der Waals surface area contributed by atoms with E-state index in [1.54, 1.807) is 12.1 Å². The highest BCUT2D eigenvalue weighted by molar-refractivity contribution is 7.16. The summed E-state index contributed by atoms with van der Waals surface area (Å²) < 4.78 is 0.718. The molecule has 0 radical (unpaired) electrons. The normalized spacial score (nSPS) is 12.8. The molecule has 1 aromatic heterocycles. The lowest BCUT2D eigenvalue weighted by Crippen LogP contribution is -2.10. The molecule has 16 heavy (non-hydrogen) atoms. The first kappa shape index (κ1) is 12.2. The Morgan fingerprint density at radius 1 is 1.06 bits per heavy atom. The van der Waals surface area contributed by atoms with Gasteiger partial charge in [0.05, 0.1) is 10.4 Å². The molecule has 0 aliphatic heterocycles. The first-order valence-corrected chi connectivity index (χ1v) is 6.48. The predicted molar refractivity (Wildman–Crippen MR) is 71.8 cm³/mol. The third-order valence-corrected chi connectivity index (χ3v) is 4.07. The molecule has 1 unspecified atom stereocenters. The van der Waals surface area contributed by atoms with Crippen molar-refractivity contribution in [2.75, 3.05) is 0 Å². The van der Waals surface area contributed by atoms with E-state index in [0.717, 1.165) is 14.8 Å². The second-order valence-corrected chi connectivity index (χ2v) is 5.88. The molecule has 0 aliphatic rings. The predicted octanol–water partition coefficient (Wildman–Crippen LogP) is 4.76. The Labute approximate surface area is 113 Å². The first-order valence-electron chi connectivity index (χ1n) is 4.53. The Morgan fingerprint density at radius 2 is 1.81 bits per heavy atom. The third-order valence-electron chi connectivity index (χ3n) is 2.20. The van der Waals surface area contributed by atoms with Gasteiger partial charge in [0, 0.05) is 14.9 Å². The lowest BCUT2D eigenvalue weighted by Gasteiger charge is -2.11. The van der Waals surface area contributed by atoms with E-state index < -0.39 is 0 Å². The molecule has 2 aromatic rings. The van der Waals surface area contributed by atoms with Gasteiger partial charge in [-0.3, -0.25) is 0 Å². The smallest absolute Gasteiger partial charge is 0.0931 e. The summed E-state index contributed by atoms with van der Waals surface area (Å²) in [6.07, 6.45) is 0. The number of rotatable bonds is 2. The van der Waals surface area contributed by atoms with Crippen LogP contribution in [-0.4, -0.2) is 0 Å². The average molecular weight is 293 g/mol. The molecule has 1 nitrogen and oxygen atoms in total. The van der Waals surface area contributed by atoms with Gasteiger partial charge in [-0.15, -0.1) is 11.3 Å². The van der Waals surface area contributed by atoms with Gasteiger partial charge in [-0.05, 0) is 29.8 Å². The maximum Gasteiger partial charge on any atom is 0.0931 e. The van der Waals surface area contributed by atoms with Crippen LogP contribution in [0.3, 0.4) is 0 Å².